The van der Waals surface area contributed by atoms with Crippen molar-refractivity contribution in [2.45, 2.75) is 6.92 Å². The minimum absolute atomic E-state index is 0.269. The quantitative estimate of drug-likeness (QED) is 0.534. The first-order valence-electron chi connectivity index (χ1n) is 7.05. The van der Waals surface area contributed by atoms with Crippen molar-refractivity contribution in [1.82, 2.24) is 24.0 Å². The summed E-state index contributed by atoms with van der Waals surface area (Å²) in [6, 6.07) is 11.7. The Balaban J connectivity index is 2.27. The molecule has 3 heterocycles. The van der Waals surface area contributed by atoms with Crippen LogP contribution in [0.4, 0.5) is 0 Å². The standard InChI is InChI=1S/C16H12N6O/c1-10-13-15(21(19-10)12-6-4-3-5-7-12)20(2)14-11(8-17)9-18-22(14)16(13)23/h3-7,9H,1-2H3. The molecule has 0 N–H and O–H groups in total. The predicted octanol–water partition coefficient (Wildman–Crippen LogP) is 1.55. The van der Waals surface area contributed by atoms with Gasteiger partial charge in [0.05, 0.1) is 17.6 Å². The molecule has 0 radical (unpaired) electrons. The van der Waals surface area contributed by atoms with E-state index in [9.17, 15) is 10.1 Å². The highest BCUT2D eigenvalue weighted by molar-refractivity contribution is 5.82. The normalized spacial score (nSPS) is 11.2. The number of hydrogen-bond donors (Lipinski definition) is 0. The van der Waals surface area contributed by atoms with Gasteiger partial charge in [0, 0.05) is 7.05 Å². The minimum atomic E-state index is -0.269. The first kappa shape index (κ1) is 13.3. The molecule has 0 bridgehead atoms. The molecule has 0 saturated carbocycles. The Morgan fingerprint density at radius 3 is 2.61 bits per heavy atom. The Kier molecular flexibility index (Phi) is 2.62. The number of fused-ring (bicyclic) bond motifs is 2. The summed E-state index contributed by atoms with van der Waals surface area (Å²) < 4.78 is 4.76. The second-order valence-electron chi connectivity index (χ2n) is 5.30. The molecule has 4 aromatic rings. The first-order chi connectivity index (χ1) is 11.1. The van der Waals surface area contributed by atoms with E-state index < -0.39 is 0 Å². The van der Waals surface area contributed by atoms with E-state index in [1.807, 2.05) is 30.3 Å². The lowest BCUT2D eigenvalue weighted by Gasteiger charge is -2.09. The van der Waals surface area contributed by atoms with Crippen molar-refractivity contribution < 1.29 is 0 Å². The molecule has 0 amide bonds. The fourth-order valence-corrected chi connectivity index (χ4v) is 2.92. The van der Waals surface area contributed by atoms with Crippen molar-refractivity contribution in [3.05, 3.63) is 58.1 Å². The average molecular weight is 304 g/mol. The van der Waals surface area contributed by atoms with E-state index >= 15 is 0 Å². The number of nitrogens with zero attached hydrogens (tertiary/aromatic N) is 6. The van der Waals surface area contributed by atoms with E-state index in [0.29, 0.717) is 27.9 Å². The maximum absolute atomic E-state index is 12.8. The van der Waals surface area contributed by atoms with Crippen molar-refractivity contribution in [3.63, 3.8) is 0 Å². The number of rotatable bonds is 1. The topological polar surface area (TPSA) is 80.9 Å². The van der Waals surface area contributed by atoms with Gasteiger partial charge in [0.15, 0.2) is 11.3 Å². The van der Waals surface area contributed by atoms with Crippen LogP contribution in [0.25, 0.3) is 22.4 Å². The van der Waals surface area contributed by atoms with Gasteiger partial charge in [-0.3, -0.25) is 4.79 Å². The number of benzene rings is 1. The molecule has 0 spiro atoms. The van der Waals surface area contributed by atoms with E-state index in [1.54, 1.807) is 23.2 Å². The molecule has 1 aromatic carbocycles. The van der Waals surface area contributed by atoms with Crippen molar-refractivity contribution in [2.75, 3.05) is 0 Å². The monoisotopic (exact) mass is 304 g/mol. The Bertz CT molecular complexity index is 1160. The highest BCUT2D eigenvalue weighted by Crippen LogP contribution is 2.21. The number of para-hydroxylation sites is 1. The summed E-state index contributed by atoms with van der Waals surface area (Å²) in [6.07, 6.45) is 1.41. The number of nitriles is 1. The zero-order valence-electron chi connectivity index (χ0n) is 12.6. The van der Waals surface area contributed by atoms with Crippen LogP contribution < -0.4 is 5.56 Å². The fourth-order valence-electron chi connectivity index (χ4n) is 2.92. The van der Waals surface area contributed by atoms with Crippen LogP contribution in [0.5, 0.6) is 0 Å². The maximum Gasteiger partial charge on any atom is 0.285 e. The van der Waals surface area contributed by atoms with Gasteiger partial charge in [-0.2, -0.15) is 20.0 Å². The molecular formula is C16H12N6O. The van der Waals surface area contributed by atoms with Crippen LogP contribution in [0.1, 0.15) is 11.3 Å². The summed E-state index contributed by atoms with van der Waals surface area (Å²) >= 11 is 0. The first-order valence-corrected chi connectivity index (χ1v) is 7.05. The highest BCUT2D eigenvalue weighted by Gasteiger charge is 2.20. The number of aryl methyl sites for hydroxylation is 2. The molecule has 0 fully saturated rings. The van der Waals surface area contributed by atoms with E-state index in [4.69, 9.17) is 0 Å². The summed E-state index contributed by atoms with van der Waals surface area (Å²) in [6.45, 7) is 1.80. The molecule has 0 atom stereocenters. The molecule has 4 rings (SSSR count). The van der Waals surface area contributed by atoms with Crippen LogP contribution in [0, 0.1) is 18.3 Å². The summed E-state index contributed by atoms with van der Waals surface area (Å²) in [7, 11) is 1.81. The lowest BCUT2D eigenvalue weighted by atomic mass is 10.3. The van der Waals surface area contributed by atoms with Gasteiger partial charge in [-0.1, -0.05) is 18.2 Å². The Morgan fingerprint density at radius 1 is 1.17 bits per heavy atom. The van der Waals surface area contributed by atoms with Crippen LogP contribution in [0.15, 0.2) is 41.3 Å². The SMILES string of the molecule is Cc1nn(-c2ccccc2)c2c1c(=O)n1ncc(C#N)c1n2C. The van der Waals surface area contributed by atoms with Crippen LogP contribution in [-0.4, -0.2) is 24.0 Å². The van der Waals surface area contributed by atoms with Crippen LogP contribution >= 0.6 is 0 Å². The molecule has 0 aliphatic heterocycles. The van der Waals surface area contributed by atoms with Gasteiger partial charge >= 0.3 is 0 Å². The van der Waals surface area contributed by atoms with Gasteiger partial charge in [-0.05, 0) is 19.1 Å². The molecule has 0 aliphatic rings. The Morgan fingerprint density at radius 2 is 1.91 bits per heavy atom. The third-order valence-electron chi connectivity index (χ3n) is 3.94. The third-order valence-corrected chi connectivity index (χ3v) is 3.94. The van der Waals surface area contributed by atoms with Gasteiger partial charge in [0.1, 0.15) is 17.0 Å². The zero-order valence-corrected chi connectivity index (χ0v) is 12.6. The second kappa shape index (κ2) is 4.55. The molecule has 3 aromatic heterocycles. The molecule has 0 saturated heterocycles. The molecule has 0 aliphatic carbocycles. The smallest absolute Gasteiger partial charge is 0.285 e. The van der Waals surface area contributed by atoms with Crippen molar-refractivity contribution >= 4 is 16.7 Å². The summed E-state index contributed by atoms with van der Waals surface area (Å²) in [5.74, 6) is 0. The van der Waals surface area contributed by atoms with E-state index in [0.717, 1.165) is 5.69 Å². The van der Waals surface area contributed by atoms with E-state index in [-0.39, 0.29) is 5.56 Å². The maximum atomic E-state index is 12.8. The lowest BCUT2D eigenvalue weighted by molar-refractivity contribution is 0.812. The van der Waals surface area contributed by atoms with Gasteiger partial charge in [-0.15, -0.1) is 0 Å². The predicted molar refractivity (Wildman–Crippen MR) is 84.5 cm³/mol. The highest BCUT2D eigenvalue weighted by atomic mass is 16.1. The van der Waals surface area contributed by atoms with Gasteiger partial charge in [-0.25, -0.2) is 4.68 Å². The molecule has 7 nitrogen and oxygen atoms in total. The van der Waals surface area contributed by atoms with Crippen LogP contribution in [-0.2, 0) is 7.05 Å². The summed E-state index contributed by atoms with van der Waals surface area (Å²) in [5, 5.41) is 18.3. The Hall–Kier alpha value is -3.40. The fraction of sp³-hybridized carbons (Fsp3) is 0.125. The zero-order chi connectivity index (χ0) is 16.1. The van der Waals surface area contributed by atoms with E-state index in [2.05, 4.69) is 16.3 Å². The molecular weight excluding hydrogens is 292 g/mol. The largest absolute Gasteiger partial charge is 0.312 e. The lowest BCUT2D eigenvalue weighted by Crippen LogP contribution is -2.19. The average Bonchev–Trinajstić information content (AvgIpc) is 3.15. The van der Waals surface area contributed by atoms with Crippen molar-refractivity contribution in [2.24, 2.45) is 7.05 Å². The van der Waals surface area contributed by atoms with Gasteiger partial charge in [0.25, 0.3) is 5.56 Å². The third kappa shape index (κ3) is 1.66. The molecule has 23 heavy (non-hydrogen) atoms. The minimum Gasteiger partial charge on any atom is -0.312 e. The van der Waals surface area contributed by atoms with Gasteiger partial charge in [0.2, 0.25) is 0 Å². The molecule has 0 unspecified atom stereocenters. The summed E-state index contributed by atoms with van der Waals surface area (Å²) in [5.41, 5.74) is 2.66. The van der Waals surface area contributed by atoms with Crippen LogP contribution in [0.3, 0.4) is 0 Å². The molecule has 7 heteroatoms. The van der Waals surface area contributed by atoms with E-state index in [1.165, 1.54) is 10.7 Å². The van der Waals surface area contributed by atoms with Gasteiger partial charge < -0.3 is 4.57 Å². The Labute approximate surface area is 130 Å². The van der Waals surface area contributed by atoms with Crippen molar-refractivity contribution in [1.29, 1.82) is 5.26 Å². The van der Waals surface area contributed by atoms with Crippen molar-refractivity contribution in [3.8, 4) is 11.8 Å². The molecule has 112 valence electrons. The number of hydrogen-bond acceptors (Lipinski definition) is 4. The summed E-state index contributed by atoms with van der Waals surface area (Å²) in [4.78, 5) is 12.8. The van der Waals surface area contributed by atoms with Crippen LogP contribution in [0.2, 0.25) is 0 Å². The second-order valence-corrected chi connectivity index (χ2v) is 5.30. The number of aromatic nitrogens is 5.